The van der Waals surface area contributed by atoms with Crippen molar-refractivity contribution in [2.45, 2.75) is 0 Å². The van der Waals surface area contributed by atoms with E-state index >= 15 is 0 Å². The fourth-order valence-electron chi connectivity index (χ4n) is 2.88. The summed E-state index contributed by atoms with van der Waals surface area (Å²) < 4.78 is 5.24. The van der Waals surface area contributed by atoms with Crippen LogP contribution in [0.2, 0.25) is 0 Å². The summed E-state index contributed by atoms with van der Waals surface area (Å²) in [4.78, 5) is 12.6. The molecule has 21 heavy (non-hydrogen) atoms. The van der Waals surface area contributed by atoms with Crippen LogP contribution in [0.15, 0.2) is 53.5 Å². The number of para-hydroxylation sites is 2. The van der Waals surface area contributed by atoms with Crippen molar-refractivity contribution < 1.29 is 0 Å². The van der Waals surface area contributed by atoms with Gasteiger partial charge in [0.05, 0.1) is 28.4 Å². The lowest BCUT2D eigenvalue weighted by atomic mass is 10.2. The molecule has 104 valence electrons. The van der Waals surface area contributed by atoms with E-state index in [0.717, 1.165) is 27.6 Å². The highest BCUT2D eigenvalue weighted by molar-refractivity contribution is 5.90. The summed E-state index contributed by atoms with van der Waals surface area (Å²) in [5.74, 6) is 0. The largest absolute Gasteiger partial charge is 0.333 e. The second-order valence-electron chi connectivity index (χ2n) is 5.14. The molecule has 0 spiro atoms. The van der Waals surface area contributed by atoms with E-state index in [9.17, 15) is 4.79 Å². The van der Waals surface area contributed by atoms with E-state index in [1.165, 1.54) is 0 Å². The smallest absolute Gasteiger partial charge is 0.295 e. The molecule has 0 aliphatic carbocycles. The van der Waals surface area contributed by atoms with Gasteiger partial charge in [-0.15, -0.1) is 0 Å². The first kappa shape index (κ1) is 12.0. The van der Waals surface area contributed by atoms with Gasteiger partial charge in [0, 0.05) is 19.5 Å². The van der Waals surface area contributed by atoms with Crippen LogP contribution in [0.25, 0.3) is 27.6 Å². The number of nitrogens with zero attached hydrogens (tertiary/aromatic N) is 4. The molecule has 0 bridgehead atoms. The molecule has 5 nitrogen and oxygen atoms in total. The molecule has 4 aromatic rings. The highest BCUT2D eigenvalue weighted by Gasteiger charge is 2.14. The number of benzene rings is 2. The molecule has 4 rings (SSSR count). The Balaban J connectivity index is 2.20. The molecule has 0 unspecified atom stereocenters. The number of rotatable bonds is 1. The van der Waals surface area contributed by atoms with Crippen LogP contribution in [0.4, 0.5) is 0 Å². The van der Waals surface area contributed by atoms with Crippen LogP contribution >= 0.6 is 0 Å². The van der Waals surface area contributed by atoms with Gasteiger partial charge in [-0.2, -0.15) is 5.10 Å². The number of hydrogen-bond donors (Lipinski definition) is 0. The lowest BCUT2D eigenvalue weighted by Crippen LogP contribution is -2.20. The summed E-state index contributed by atoms with van der Waals surface area (Å²) in [6, 6.07) is 13.7. The Morgan fingerprint density at radius 1 is 0.905 bits per heavy atom. The van der Waals surface area contributed by atoms with Crippen LogP contribution in [-0.4, -0.2) is 18.9 Å². The van der Waals surface area contributed by atoms with E-state index in [0.29, 0.717) is 0 Å². The first-order chi connectivity index (χ1) is 10.2. The minimum Gasteiger partial charge on any atom is -0.295 e. The van der Waals surface area contributed by atoms with Gasteiger partial charge in [0.1, 0.15) is 0 Å². The predicted octanol–water partition coefficient (Wildman–Crippen LogP) is 2.22. The average Bonchev–Trinajstić information content (AvgIpc) is 3.00. The first-order valence-corrected chi connectivity index (χ1v) is 6.76. The third-order valence-electron chi connectivity index (χ3n) is 3.97. The zero-order valence-corrected chi connectivity index (χ0v) is 11.8. The normalized spacial score (nSPS) is 11.5. The Morgan fingerprint density at radius 2 is 1.62 bits per heavy atom. The summed E-state index contributed by atoms with van der Waals surface area (Å²) in [6.07, 6.45) is 1.80. The summed E-state index contributed by atoms with van der Waals surface area (Å²) in [5.41, 5.74) is 3.65. The maximum Gasteiger partial charge on any atom is 0.333 e. The van der Waals surface area contributed by atoms with Gasteiger partial charge in [-0.3, -0.25) is 13.8 Å². The molecular formula is C16H14N4O. The first-order valence-electron chi connectivity index (χ1n) is 6.76. The number of fused-ring (bicyclic) bond motifs is 2. The molecule has 0 saturated heterocycles. The number of hydrogen-bond acceptors (Lipinski definition) is 2. The van der Waals surface area contributed by atoms with Crippen molar-refractivity contribution in [1.29, 1.82) is 0 Å². The molecule has 0 aliphatic heterocycles. The summed E-state index contributed by atoms with van der Waals surface area (Å²) >= 11 is 0. The fraction of sp³-hybridized carbons (Fsp3) is 0.125. The second kappa shape index (κ2) is 4.09. The third-order valence-corrected chi connectivity index (χ3v) is 3.97. The maximum atomic E-state index is 12.6. The lowest BCUT2D eigenvalue weighted by molar-refractivity contribution is 0.797. The summed E-state index contributed by atoms with van der Waals surface area (Å²) in [7, 11) is 3.70. The molecule has 2 heterocycles. The van der Waals surface area contributed by atoms with E-state index in [-0.39, 0.29) is 5.69 Å². The molecule has 2 aromatic heterocycles. The molecule has 0 amide bonds. The van der Waals surface area contributed by atoms with Gasteiger partial charge >= 0.3 is 5.69 Å². The van der Waals surface area contributed by atoms with Crippen molar-refractivity contribution in [3.8, 4) is 5.69 Å². The maximum absolute atomic E-state index is 12.6. The van der Waals surface area contributed by atoms with E-state index in [1.54, 1.807) is 22.4 Å². The molecule has 0 atom stereocenters. The van der Waals surface area contributed by atoms with Crippen molar-refractivity contribution in [3.63, 3.8) is 0 Å². The number of imidazole rings is 1. The van der Waals surface area contributed by atoms with Crippen molar-refractivity contribution in [3.05, 3.63) is 59.1 Å². The highest BCUT2D eigenvalue weighted by atomic mass is 16.1. The van der Waals surface area contributed by atoms with Gasteiger partial charge in [0.25, 0.3) is 0 Å². The zero-order valence-electron chi connectivity index (χ0n) is 11.8. The van der Waals surface area contributed by atoms with E-state index in [4.69, 9.17) is 0 Å². The molecule has 0 fully saturated rings. The van der Waals surface area contributed by atoms with Gasteiger partial charge in [-0.25, -0.2) is 4.79 Å². The van der Waals surface area contributed by atoms with Crippen LogP contribution in [0, 0.1) is 0 Å². The minimum atomic E-state index is -0.0486. The van der Waals surface area contributed by atoms with Gasteiger partial charge in [-0.1, -0.05) is 18.2 Å². The molecule has 0 aliphatic rings. The number of aromatic nitrogens is 4. The molecule has 2 aromatic carbocycles. The Morgan fingerprint density at radius 3 is 2.43 bits per heavy atom. The van der Waals surface area contributed by atoms with Gasteiger partial charge in [0.15, 0.2) is 0 Å². The highest BCUT2D eigenvalue weighted by Crippen LogP contribution is 2.24. The van der Waals surface area contributed by atoms with E-state index < -0.39 is 0 Å². The fourth-order valence-corrected chi connectivity index (χ4v) is 2.88. The molecular weight excluding hydrogens is 264 g/mol. The summed E-state index contributed by atoms with van der Waals surface area (Å²) in [5, 5.41) is 5.26. The van der Waals surface area contributed by atoms with E-state index in [2.05, 4.69) is 5.10 Å². The van der Waals surface area contributed by atoms with Crippen molar-refractivity contribution in [2.75, 3.05) is 0 Å². The molecule has 5 heteroatoms. The average molecular weight is 278 g/mol. The summed E-state index contributed by atoms with van der Waals surface area (Å²) in [6.45, 7) is 0. The van der Waals surface area contributed by atoms with Crippen LogP contribution < -0.4 is 5.69 Å². The van der Waals surface area contributed by atoms with Crippen molar-refractivity contribution in [1.82, 2.24) is 18.9 Å². The van der Waals surface area contributed by atoms with Gasteiger partial charge in [-0.05, 0) is 24.3 Å². The molecule has 0 N–H and O–H groups in total. The SMILES string of the molecule is Cn1ncc2c(-n3c(=O)n(C)c4ccccc43)cccc21. The standard InChI is InChI=1S/C16H14N4O/c1-18-14-6-3-4-7-15(14)20(16(18)21)13-9-5-8-12-11(13)10-17-19(12)2/h3-10H,1-2H3. The Labute approximate surface area is 120 Å². The monoisotopic (exact) mass is 278 g/mol. The molecule has 0 saturated carbocycles. The Hall–Kier alpha value is -2.82. The van der Waals surface area contributed by atoms with Crippen molar-refractivity contribution >= 4 is 21.9 Å². The number of aryl methyl sites for hydroxylation is 2. The van der Waals surface area contributed by atoms with Gasteiger partial charge in [0.2, 0.25) is 0 Å². The predicted molar refractivity (Wildman–Crippen MR) is 82.8 cm³/mol. The lowest BCUT2D eigenvalue weighted by Gasteiger charge is -2.05. The second-order valence-corrected chi connectivity index (χ2v) is 5.14. The van der Waals surface area contributed by atoms with Gasteiger partial charge < -0.3 is 0 Å². The third kappa shape index (κ3) is 1.51. The van der Waals surface area contributed by atoms with Crippen LogP contribution in [0.1, 0.15) is 0 Å². The Kier molecular flexibility index (Phi) is 2.33. The van der Waals surface area contributed by atoms with Crippen LogP contribution in [0.3, 0.4) is 0 Å². The van der Waals surface area contributed by atoms with Crippen molar-refractivity contribution in [2.24, 2.45) is 14.1 Å². The minimum absolute atomic E-state index is 0.0486. The Bertz CT molecular complexity index is 1040. The quantitative estimate of drug-likeness (QED) is 0.536. The van der Waals surface area contributed by atoms with Crippen LogP contribution in [0.5, 0.6) is 0 Å². The van der Waals surface area contributed by atoms with E-state index in [1.807, 2.05) is 54.2 Å². The molecule has 0 radical (unpaired) electrons. The zero-order chi connectivity index (χ0) is 14.6. The van der Waals surface area contributed by atoms with Crippen LogP contribution in [-0.2, 0) is 14.1 Å². The topological polar surface area (TPSA) is 44.8 Å².